The van der Waals surface area contributed by atoms with Gasteiger partial charge in [0.2, 0.25) is 0 Å². The minimum atomic E-state index is 0.672. The van der Waals surface area contributed by atoms with Crippen LogP contribution in [0.5, 0.6) is 0 Å². The fourth-order valence-corrected chi connectivity index (χ4v) is 2.52. The van der Waals surface area contributed by atoms with E-state index in [1.54, 1.807) is 0 Å². The smallest absolute Gasteiger partial charge is 0.0719 e. The maximum absolute atomic E-state index is 5.52. The SMILES string of the molecule is CCOCc1cccc(C2CCOCC2)c1C. The Bertz CT molecular complexity index is 354. The van der Waals surface area contributed by atoms with E-state index < -0.39 is 0 Å². The summed E-state index contributed by atoms with van der Waals surface area (Å²) in [5.41, 5.74) is 4.23. The van der Waals surface area contributed by atoms with Crippen LogP contribution in [0.25, 0.3) is 0 Å². The molecule has 0 unspecified atom stereocenters. The predicted octanol–water partition coefficient (Wildman–Crippen LogP) is 3.43. The van der Waals surface area contributed by atoms with Crippen molar-refractivity contribution in [2.75, 3.05) is 19.8 Å². The highest BCUT2D eigenvalue weighted by atomic mass is 16.5. The van der Waals surface area contributed by atoms with Crippen molar-refractivity contribution in [2.24, 2.45) is 0 Å². The molecule has 0 amide bonds. The average molecular weight is 234 g/mol. The Kier molecular flexibility index (Phi) is 4.57. The molecule has 0 aromatic heterocycles. The van der Waals surface area contributed by atoms with E-state index in [1.165, 1.54) is 16.7 Å². The Morgan fingerprint density at radius 2 is 2.06 bits per heavy atom. The second kappa shape index (κ2) is 6.18. The minimum Gasteiger partial charge on any atom is -0.381 e. The molecule has 1 aromatic carbocycles. The summed E-state index contributed by atoms with van der Waals surface area (Å²) in [7, 11) is 0. The van der Waals surface area contributed by atoms with Gasteiger partial charge in [0.25, 0.3) is 0 Å². The van der Waals surface area contributed by atoms with Crippen LogP contribution in [0.4, 0.5) is 0 Å². The van der Waals surface area contributed by atoms with Crippen LogP contribution in [0.15, 0.2) is 18.2 Å². The van der Waals surface area contributed by atoms with E-state index in [9.17, 15) is 0 Å². The minimum absolute atomic E-state index is 0.672. The Morgan fingerprint density at radius 3 is 2.76 bits per heavy atom. The third kappa shape index (κ3) is 3.08. The van der Waals surface area contributed by atoms with Gasteiger partial charge in [0.15, 0.2) is 0 Å². The van der Waals surface area contributed by atoms with Crippen molar-refractivity contribution in [3.05, 3.63) is 34.9 Å². The monoisotopic (exact) mass is 234 g/mol. The Hall–Kier alpha value is -0.860. The zero-order valence-corrected chi connectivity index (χ0v) is 10.9. The molecule has 17 heavy (non-hydrogen) atoms. The molecular formula is C15H22O2. The van der Waals surface area contributed by atoms with Gasteiger partial charge in [0.1, 0.15) is 0 Å². The first-order valence-corrected chi connectivity index (χ1v) is 6.56. The summed E-state index contributed by atoms with van der Waals surface area (Å²) in [6.07, 6.45) is 2.30. The van der Waals surface area contributed by atoms with E-state index in [0.29, 0.717) is 5.92 Å². The third-order valence-corrected chi connectivity index (χ3v) is 3.61. The van der Waals surface area contributed by atoms with Crippen molar-refractivity contribution in [1.82, 2.24) is 0 Å². The quantitative estimate of drug-likeness (QED) is 0.794. The molecule has 1 aliphatic rings. The zero-order valence-electron chi connectivity index (χ0n) is 10.9. The summed E-state index contributed by atoms with van der Waals surface area (Å²) in [5, 5.41) is 0. The maximum Gasteiger partial charge on any atom is 0.0719 e. The van der Waals surface area contributed by atoms with Gasteiger partial charge in [-0.15, -0.1) is 0 Å². The number of ether oxygens (including phenoxy) is 2. The van der Waals surface area contributed by atoms with Crippen LogP contribution in [0.1, 0.15) is 42.4 Å². The molecule has 0 radical (unpaired) electrons. The maximum atomic E-state index is 5.52. The molecule has 1 saturated heterocycles. The first-order valence-electron chi connectivity index (χ1n) is 6.56. The molecule has 0 bridgehead atoms. The van der Waals surface area contributed by atoms with Gasteiger partial charge in [-0.2, -0.15) is 0 Å². The van der Waals surface area contributed by atoms with Gasteiger partial charge in [-0.25, -0.2) is 0 Å². The van der Waals surface area contributed by atoms with Crippen molar-refractivity contribution in [1.29, 1.82) is 0 Å². The highest BCUT2D eigenvalue weighted by Crippen LogP contribution is 2.30. The van der Waals surface area contributed by atoms with Crippen LogP contribution in [-0.2, 0) is 16.1 Å². The van der Waals surface area contributed by atoms with E-state index in [4.69, 9.17) is 9.47 Å². The summed E-state index contributed by atoms with van der Waals surface area (Å²) < 4.78 is 10.9. The molecule has 2 heteroatoms. The van der Waals surface area contributed by atoms with Crippen molar-refractivity contribution in [2.45, 2.75) is 39.2 Å². The molecule has 0 aliphatic carbocycles. The molecule has 94 valence electrons. The lowest BCUT2D eigenvalue weighted by Crippen LogP contribution is -2.15. The van der Waals surface area contributed by atoms with Crippen LogP contribution in [0, 0.1) is 6.92 Å². The highest BCUT2D eigenvalue weighted by molar-refractivity contribution is 5.36. The molecule has 0 N–H and O–H groups in total. The Morgan fingerprint density at radius 1 is 1.29 bits per heavy atom. The summed E-state index contributed by atoms with van der Waals surface area (Å²) in [5.74, 6) is 0.672. The van der Waals surface area contributed by atoms with Gasteiger partial charge in [-0.05, 0) is 49.3 Å². The van der Waals surface area contributed by atoms with Crippen LogP contribution in [0.3, 0.4) is 0 Å². The van der Waals surface area contributed by atoms with Gasteiger partial charge in [0, 0.05) is 19.8 Å². The molecule has 0 spiro atoms. The fourth-order valence-electron chi connectivity index (χ4n) is 2.52. The van der Waals surface area contributed by atoms with E-state index in [1.807, 2.05) is 6.92 Å². The first kappa shape index (κ1) is 12.6. The molecule has 2 rings (SSSR count). The van der Waals surface area contributed by atoms with Gasteiger partial charge in [-0.3, -0.25) is 0 Å². The topological polar surface area (TPSA) is 18.5 Å². The summed E-state index contributed by atoms with van der Waals surface area (Å²) in [6.45, 7) is 7.58. The molecule has 1 heterocycles. The molecule has 1 fully saturated rings. The molecule has 1 aliphatic heterocycles. The number of hydrogen-bond donors (Lipinski definition) is 0. The van der Waals surface area contributed by atoms with E-state index in [0.717, 1.165) is 39.3 Å². The highest BCUT2D eigenvalue weighted by Gasteiger charge is 2.18. The number of rotatable bonds is 4. The number of hydrogen-bond acceptors (Lipinski definition) is 2. The van der Waals surface area contributed by atoms with Gasteiger partial charge < -0.3 is 9.47 Å². The van der Waals surface area contributed by atoms with Crippen molar-refractivity contribution >= 4 is 0 Å². The molecule has 0 saturated carbocycles. The molecular weight excluding hydrogens is 212 g/mol. The average Bonchev–Trinajstić information content (AvgIpc) is 2.39. The Labute approximate surface area is 104 Å². The van der Waals surface area contributed by atoms with Gasteiger partial charge >= 0.3 is 0 Å². The lowest BCUT2D eigenvalue weighted by molar-refractivity contribution is 0.0851. The first-order chi connectivity index (χ1) is 8.33. The van der Waals surface area contributed by atoms with Crippen molar-refractivity contribution in [3.63, 3.8) is 0 Å². The van der Waals surface area contributed by atoms with Crippen LogP contribution in [0.2, 0.25) is 0 Å². The van der Waals surface area contributed by atoms with Crippen LogP contribution < -0.4 is 0 Å². The van der Waals surface area contributed by atoms with Crippen LogP contribution >= 0.6 is 0 Å². The van der Waals surface area contributed by atoms with E-state index in [-0.39, 0.29) is 0 Å². The molecule has 2 nitrogen and oxygen atoms in total. The zero-order chi connectivity index (χ0) is 12.1. The third-order valence-electron chi connectivity index (χ3n) is 3.61. The molecule has 0 atom stereocenters. The largest absolute Gasteiger partial charge is 0.381 e. The summed E-state index contributed by atoms with van der Waals surface area (Å²) in [6, 6.07) is 6.60. The normalized spacial score (nSPS) is 17.3. The fraction of sp³-hybridized carbons (Fsp3) is 0.600. The lowest BCUT2D eigenvalue weighted by atomic mass is 9.87. The van der Waals surface area contributed by atoms with Gasteiger partial charge in [0.05, 0.1) is 6.61 Å². The standard InChI is InChI=1S/C15H22O2/c1-3-16-11-14-5-4-6-15(12(14)2)13-7-9-17-10-8-13/h4-6,13H,3,7-11H2,1-2H3. The summed E-state index contributed by atoms with van der Waals surface area (Å²) in [4.78, 5) is 0. The van der Waals surface area contributed by atoms with E-state index >= 15 is 0 Å². The lowest BCUT2D eigenvalue weighted by Gasteiger charge is -2.25. The second-order valence-electron chi connectivity index (χ2n) is 4.66. The van der Waals surface area contributed by atoms with Gasteiger partial charge in [-0.1, -0.05) is 18.2 Å². The molecule has 1 aromatic rings. The predicted molar refractivity (Wildman–Crippen MR) is 69.3 cm³/mol. The van der Waals surface area contributed by atoms with Crippen LogP contribution in [-0.4, -0.2) is 19.8 Å². The summed E-state index contributed by atoms with van der Waals surface area (Å²) >= 11 is 0. The number of benzene rings is 1. The Balaban J connectivity index is 2.15. The van der Waals surface area contributed by atoms with Crippen molar-refractivity contribution in [3.8, 4) is 0 Å². The second-order valence-corrected chi connectivity index (χ2v) is 4.66. The van der Waals surface area contributed by atoms with Crippen molar-refractivity contribution < 1.29 is 9.47 Å². The van der Waals surface area contributed by atoms with E-state index in [2.05, 4.69) is 25.1 Å².